The zero-order chi connectivity index (χ0) is 24.9. The first-order valence-corrected chi connectivity index (χ1v) is 12.5. The van der Waals surface area contributed by atoms with E-state index in [9.17, 15) is 9.59 Å². The molecule has 4 rings (SSSR count). The van der Waals surface area contributed by atoms with Crippen molar-refractivity contribution in [2.75, 3.05) is 13.7 Å². The van der Waals surface area contributed by atoms with E-state index in [2.05, 4.69) is 10.1 Å². The summed E-state index contributed by atoms with van der Waals surface area (Å²) in [6.07, 6.45) is 7.02. The molecule has 0 spiro atoms. The fourth-order valence-electron chi connectivity index (χ4n) is 5.23. The second-order valence-corrected chi connectivity index (χ2v) is 9.91. The van der Waals surface area contributed by atoms with Crippen LogP contribution >= 0.6 is 0 Å². The Morgan fingerprint density at radius 1 is 1.11 bits per heavy atom. The Kier molecular flexibility index (Phi) is 7.93. The summed E-state index contributed by atoms with van der Waals surface area (Å²) >= 11 is 0. The maximum Gasteiger partial charge on any atom is 0.410 e. The summed E-state index contributed by atoms with van der Waals surface area (Å²) in [6, 6.07) is 3.93. The topological polar surface area (TPSA) is 115 Å². The van der Waals surface area contributed by atoms with E-state index in [0.29, 0.717) is 41.0 Å². The van der Waals surface area contributed by atoms with Gasteiger partial charge in [-0.05, 0) is 69.9 Å². The number of hydrogen-bond donors (Lipinski definition) is 1. The number of carbonyl (C=O) groups excluding carboxylic acids is 1. The molecular weight excluding hydrogens is 450 g/mol. The van der Waals surface area contributed by atoms with Crippen molar-refractivity contribution >= 4 is 12.1 Å². The molecule has 1 amide bonds. The van der Waals surface area contributed by atoms with Crippen molar-refractivity contribution in [3.63, 3.8) is 0 Å². The van der Waals surface area contributed by atoms with Crippen molar-refractivity contribution in [2.24, 2.45) is 11.8 Å². The zero-order valence-corrected chi connectivity index (χ0v) is 20.8. The third-order valence-electron chi connectivity index (χ3n) is 7.34. The van der Waals surface area contributed by atoms with Gasteiger partial charge in [-0.3, -0.25) is 4.79 Å². The average molecular weight is 486 g/mol. The van der Waals surface area contributed by atoms with Crippen LogP contribution in [0.3, 0.4) is 0 Å². The van der Waals surface area contributed by atoms with Crippen LogP contribution < -0.4 is 4.74 Å². The van der Waals surface area contributed by atoms with E-state index in [4.69, 9.17) is 19.1 Å². The lowest BCUT2D eigenvalue weighted by Crippen LogP contribution is -2.35. The number of nitrogens with zero attached hydrogens (tertiary/aromatic N) is 3. The number of carboxylic acids is 1. The normalized spacial score (nSPS) is 20.2. The lowest BCUT2D eigenvalue weighted by Gasteiger charge is -2.23. The fraction of sp³-hybridized carbons (Fsp3) is 0.615. The summed E-state index contributed by atoms with van der Waals surface area (Å²) in [4.78, 5) is 29.8. The zero-order valence-electron chi connectivity index (χ0n) is 20.8. The number of amides is 1. The average Bonchev–Trinajstić information content (AvgIpc) is 3.58. The van der Waals surface area contributed by atoms with Gasteiger partial charge in [-0.1, -0.05) is 18.0 Å². The SMILES string of the molecule is Cc1nc(-c2onc(C)c2COC(=O)N(C)C2CCCC2)ccc1OC[C@@H]1CC[C@H](CC(=O)O)C1. The predicted molar refractivity (Wildman–Crippen MR) is 128 cm³/mol. The van der Waals surface area contributed by atoms with E-state index >= 15 is 0 Å². The van der Waals surface area contributed by atoms with Crippen LogP contribution in [0.25, 0.3) is 11.5 Å². The molecule has 0 aliphatic heterocycles. The molecule has 0 unspecified atom stereocenters. The molecule has 9 heteroatoms. The first-order chi connectivity index (χ1) is 16.8. The van der Waals surface area contributed by atoms with Gasteiger partial charge in [0.25, 0.3) is 0 Å². The smallest absolute Gasteiger partial charge is 0.410 e. The van der Waals surface area contributed by atoms with Gasteiger partial charge >= 0.3 is 12.1 Å². The van der Waals surface area contributed by atoms with E-state index in [0.717, 1.165) is 50.6 Å². The second kappa shape index (κ2) is 11.1. The number of carbonyl (C=O) groups is 2. The van der Waals surface area contributed by atoms with Crippen molar-refractivity contribution in [3.05, 3.63) is 29.1 Å². The number of hydrogen-bond acceptors (Lipinski definition) is 7. The fourth-order valence-corrected chi connectivity index (χ4v) is 5.23. The van der Waals surface area contributed by atoms with Crippen LogP contribution in [0.15, 0.2) is 16.7 Å². The largest absolute Gasteiger partial charge is 0.491 e. The number of ether oxygens (including phenoxy) is 2. The molecule has 0 radical (unpaired) electrons. The van der Waals surface area contributed by atoms with Crippen LogP contribution in [-0.2, 0) is 16.1 Å². The van der Waals surface area contributed by atoms with Crippen LogP contribution in [0, 0.1) is 25.7 Å². The van der Waals surface area contributed by atoms with Crippen LogP contribution in [0.2, 0.25) is 0 Å². The van der Waals surface area contributed by atoms with Gasteiger partial charge in [0, 0.05) is 19.5 Å². The maximum atomic E-state index is 12.5. The first kappa shape index (κ1) is 25.0. The van der Waals surface area contributed by atoms with E-state index in [1.54, 1.807) is 11.9 Å². The molecule has 0 bridgehead atoms. The van der Waals surface area contributed by atoms with Crippen LogP contribution in [-0.4, -0.2) is 51.9 Å². The van der Waals surface area contributed by atoms with Gasteiger partial charge in [0.15, 0.2) is 5.76 Å². The first-order valence-electron chi connectivity index (χ1n) is 12.5. The Hall–Kier alpha value is -3.10. The molecule has 190 valence electrons. The van der Waals surface area contributed by atoms with Crippen molar-refractivity contribution in [3.8, 4) is 17.2 Å². The molecule has 2 aliphatic carbocycles. The number of rotatable bonds is 9. The van der Waals surface area contributed by atoms with Gasteiger partial charge in [0.05, 0.1) is 23.6 Å². The number of aromatic nitrogens is 2. The lowest BCUT2D eigenvalue weighted by atomic mass is 10.0. The van der Waals surface area contributed by atoms with Gasteiger partial charge in [0.2, 0.25) is 0 Å². The quantitative estimate of drug-likeness (QED) is 0.519. The van der Waals surface area contributed by atoms with E-state index in [1.807, 2.05) is 26.0 Å². The summed E-state index contributed by atoms with van der Waals surface area (Å²) < 4.78 is 17.2. The molecule has 2 aromatic rings. The van der Waals surface area contributed by atoms with Crippen LogP contribution in [0.5, 0.6) is 5.75 Å². The van der Waals surface area contributed by atoms with Gasteiger partial charge in [0.1, 0.15) is 18.1 Å². The molecule has 2 aromatic heterocycles. The summed E-state index contributed by atoms with van der Waals surface area (Å²) in [6.45, 7) is 4.31. The van der Waals surface area contributed by atoms with Crippen molar-refractivity contribution in [1.29, 1.82) is 0 Å². The molecular formula is C26H35N3O6. The molecule has 2 fully saturated rings. The Labute approximate surface area is 205 Å². The molecule has 9 nitrogen and oxygen atoms in total. The second-order valence-electron chi connectivity index (χ2n) is 9.91. The lowest BCUT2D eigenvalue weighted by molar-refractivity contribution is -0.138. The van der Waals surface area contributed by atoms with E-state index < -0.39 is 5.97 Å². The minimum absolute atomic E-state index is 0.0682. The minimum atomic E-state index is -0.732. The highest BCUT2D eigenvalue weighted by Gasteiger charge is 2.28. The van der Waals surface area contributed by atoms with Gasteiger partial charge < -0.3 is 24.0 Å². The van der Waals surface area contributed by atoms with E-state index in [-0.39, 0.29) is 31.1 Å². The summed E-state index contributed by atoms with van der Waals surface area (Å²) in [5, 5.41) is 13.1. The summed E-state index contributed by atoms with van der Waals surface area (Å²) in [7, 11) is 1.79. The van der Waals surface area contributed by atoms with Crippen LogP contribution in [0.4, 0.5) is 4.79 Å². The molecule has 0 aromatic carbocycles. The number of carboxylic acid groups (broad SMARTS) is 1. The highest BCUT2D eigenvalue weighted by atomic mass is 16.6. The number of aryl methyl sites for hydroxylation is 2. The van der Waals surface area contributed by atoms with Crippen molar-refractivity contribution in [2.45, 2.75) is 77.9 Å². The molecule has 35 heavy (non-hydrogen) atoms. The Morgan fingerprint density at radius 3 is 2.57 bits per heavy atom. The van der Waals surface area contributed by atoms with Crippen LogP contribution in [0.1, 0.15) is 68.3 Å². The van der Waals surface area contributed by atoms with E-state index in [1.165, 1.54) is 0 Å². The van der Waals surface area contributed by atoms with Gasteiger partial charge in [-0.25, -0.2) is 9.78 Å². The molecule has 2 aliphatic rings. The number of aliphatic carboxylic acids is 1. The standard InChI is InChI=1S/C26H35N3O6/c1-16-21(15-34-26(32)29(3)20-6-4-5-7-20)25(35-28-16)22-10-11-23(17(2)27-22)33-14-19-9-8-18(12-19)13-24(30)31/h10-11,18-20H,4-9,12-15H2,1-3H3,(H,30,31)/t18-,19+/m0/s1. The molecule has 1 N–H and O–H groups in total. The maximum absolute atomic E-state index is 12.5. The predicted octanol–water partition coefficient (Wildman–Crippen LogP) is 5.13. The highest BCUT2D eigenvalue weighted by molar-refractivity contribution is 5.68. The Morgan fingerprint density at radius 2 is 1.86 bits per heavy atom. The molecule has 2 saturated carbocycles. The Bertz CT molecular complexity index is 1050. The molecule has 0 saturated heterocycles. The van der Waals surface area contributed by atoms with Gasteiger partial charge in [-0.15, -0.1) is 0 Å². The molecule has 2 heterocycles. The minimum Gasteiger partial charge on any atom is -0.491 e. The van der Waals surface area contributed by atoms with Gasteiger partial charge in [-0.2, -0.15) is 0 Å². The Balaban J connectivity index is 1.36. The monoisotopic (exact) mass is 485 g/mol. The summed E-state index contributed by atoms with van der Waals surface area (Å²) in [5.41, 5.74) is 2.69. The highest BCUT2D eigenvalue weighted by Crippen LogP contribution is 2.34. The van der Waals surface area contributed by atoms with Crippen molar-refractivity contribution in [1.82, 2.24) is 15.0 Å². The summed E-state index contributed by atoms with van der Waals surface area (Å²) in [5.74, 6) is 1.05. The third kappa shape index (κ3) is 6.13. The third-order valence-corrected chi connectivity index (χ3v) is 7.34. The van der Waals surface area contributed by atoms with Crippen molar-refractivity contribution < 1.29 is 28.7 Å². The number of pyridine rings is 1. The molecule has 2 atom stereocenters.